The van der Waals surface area contributed by atoms with Gasteiger partial charge in [-0.15, -0.1) is 0 Å². The summed E-state index contributed by atoms with van der Waals surface area (Å²) in [4.78, 5) is 15.2. The summed E-state index contributed by atoms with van der Waals surface area (Å²) in [6.07, 6.45) is 3.70. The minimum atomic E-state index is -0.417. The monoisotopic (exact) mass is 347 g/mol. The molecule has 1 aliphatic carbocycles. The molecule has 2 aromatic carbocycles. The number of Topliss-reactive ketones (excluding diaryl/α,β-unsaturated/α-hetero) is 1. The molecule has 0 radical (unpaired) electrons. The van der Waals surface area contributed by atoms with Gasteiger partial charge < -0.3 is 4.90 Å². The van der Waals surface area contributed by atoms with Gasteiger partial charge in [-0.3, -0.25) is 4.79 Å². The molecule has 2 nitrogen and oxygen atoms in total. The van der Waals surface area contributed by atoms with Crippen molar-refractivity contribution >= 4 is 11.5 Å². The SMILES string of the molecule is CN(/C=C1/CC[C@@](C)(c2ccc(C(C)(C)C)cc2)C1=O)c1ccccc1. The molecule has 1 saturated carbocycles. The molecule has 0 aromatic heterocycles. The smallest absolute Gasteiger partial charge is 0.170 e. The Hall–Kier alpha value is -2.35. The Balaban J connectivity index is 1.84. The normalized spacial score (nSPS) is 22.0. The van der Waals surface area contributed by atoms with E-state index in [-0.39, 0.29) is 11.2 Å². The molecule has 0 unspecified atom stereocenters. The Morgan fingerprint density at radius 3 is 2.19 bits per heavy atom. The van der Waals surface area contributed by atoms with Crippen LogP contribution in [0.25, 0.3) is 0 Å². The van der Waals surface area contributed by atoms with Crippen molar-refractivity contribution in [3.63, 3.8) is 0 Å². The highest BCUT2D eigenvalue weighted by atomic mass is 16.1. The van der Waals surface area contributed by atoms with Gasteiger partial charge in [-0.25, -0.2) is 0 Å². The average molecular weight is 348 g/mol. The zero-order valence-corrected chi connectivity index (χ0v) is 16.5. The van der Waals surface area contributed by atoms with E-state index in [2.05, 4.69) is 64.1 Å². The highest BCUT2D eigenvalue weighted by Gasteiger charge is 2.42. The van der Waals surface area contributed by atoms with Gasteiger partial charge in [0.25, 0.3) is 0 Å². The van der Waals surface area contributed by atoms with Crippen molar-refractivity contribution in [2.24, 2.45) is 0 Å². The first-order valence-corrected chi connectivity index (χ1v) is 9.36. The molecule has 0 spiro atoms. The summed E-state index contributed by atoms with van der Waals surface area (Å²) < 4.78 is 0. The maximum Gasteiger partial charge on any atom is 0.170 e. The van der Waals surface area contributed by atoms with Crippen LogP contribution in [0.15, 0.2) is 66.4 Å². The summed E-state index contributed by atoms with van der Waals surface area (Å²) in [6, 6.07) is 18.8. The first-order valence-electron chi connectivity index (χ1n) is 9.36. The number of anilines is 1. The molecule has 1 aliphatic rings. The number of nitrogens with zero attached hydrogens (tertiary/aromatic N) is 1. The molecule has 3 rings (SSSR count). The summed E-state index contributed by atoms with van der Waals surface area (Å²) in [5, 5.41) is 0. The summed E-state index contributed by atoms with van der Waals surface area (Å²) >= 11 is 0. The lowest BCUT2D eigenvalue weighted by Gasteiger charge is -2.25. The van der Waals surface area contributed by atoms with E-state index in [1.54, 1.807) is 0 Å². The van der Waals surface area contributed by atoms with Gasteiger partial charge in [0.2, 0.25) is 0 Å². The second-order valence-electron chi connectivity index (χ2n) is 8.59. The second kappa shape index (κ2) is 6.75. The summed E-state index contributed by atoms with van der Waals surface area (Å²) in [5.74, 6) is 0.254. The number of allylic oxidation sites excluding steroid dienone is 1. The minimum absolute atomic E-state index is 0.128. The van der Waals surface area contributed by atoms with Gasteiger partial charge in [-0.2, -0.15) is 0 Å². The lowest BCUT2D eigenvalue weighted by molar-refractivity contribution is -0.118. The van der Waals surface area contributed by atoms with Crippen molar-refractivity contribution in [2.75, 3.05) is 11.9 Å². The van der Waals surface area contributed by atoms with Crippen LogP contribution in [-0.4, -0.2) is 12.8 Å². The molecular formula is C24H29NO. The number of benzene rings is 2. The van der Waals surface area contributed by atoms with Crippen LogP contribution < -0.4 is 4.90 Å². The van der Waals surface area contributed by atoms with Crippen molar-refractivity contribution in [2.45, 2.75) is 51.4 Å². The molecule has 26 heavy (non-hydrogen) atoms. The molecule has 0 aliphatic heterocycles. The number of hydrogen-bond donors (Lipinski definition) is 0. The van der Waals surface area contributed by atoms with E-state index >= 15 is 0 Å². The van der Waals surface area contributed by atoms with Gasteiger partial charge in [-0.05, 0) is 48.4 Å². The molecule has 0 bridgehead atoms. The van der Waals surface area contributed by atoms with E-state index in [0.717, 1.165) is 29.7 Å². The van der Waals surface area contributed by atoms with Gasteiger partial charge in [0, 0.05) is 24.5 Å². The van der Waals surface area contributed by atoms with Gasteiger partial charge >= 0.3 is 0 Å². The molecular weight excluding hydrogens is 318 g/mol. The number of carbonyl (C=O) groups excluding carboxylic acids is 1. The van der Waals surface area contributed by atoms with Gasteiger partial charge in [0.05, 0.1) is 5.41 Å². The standard InChI is InChI=1S/C24H29NO/c1-23(2,3)19-11-13-20(14-12-19)24(4)16-15-18(22(24)26)17-25(5)21-9-7-6-8-10-21/h6-14,17H,15-16H2,1-5H3/b18-17-/t24-/m0/s1. The fourth-order valence-corrected chi connectivity index (χ4v) is 3.67. The number of ketones is 1. The van der Waals surface area contributed by atoms with Gasteiger partial charge in [0.1, 0.15) is 0 Å². The van der Waals surface area contributed by atoms with Crippen molar-refractivity contribution in [1.82, 2.24) is 0 Å². The summed E-state index contributed by atoms with van der Waals surface area (Å²) in [7, 11) is 2.00. The zero-order chi connectivity index (χ0) is 18.9. The first kappa shape index (κ1) is 18.4. The number of rotatable bonds is 3. The third kappa shape index (κ3) is 3.46. The Kier molecular flexibility index (Phi) is 4.79. The Labute approximate surface area is 157 Å². The van der Waals surface area contributed by atoms with Crippen molar-refractivity contribution in [1.29, 1.82) is 0 Å². The molecule has 1 fully saturated rings. The lowest BCUT2D eigenvalue weighted by atomic mass is 9.78. The second-order valence-corrected chi connectivity index (χ2v) is 8.59. The maximum atomic E-state index is 13.2. The van der Waals surface area contributed by atoms with E-state index < -0.39 is 5.41 Å². The highest BCUT2D eigenvalue weighted by molar-refractivity contribution is 6.05. The fraction of sp³-hybridized carbons (Fsp3) is 0.375. The summed E-state index contributed by atoms with van der Waals surface area (Å²) in [6.45, 7) is 8.73. The third-order valence-electron chi connectivity index (χ3n) is 5.59. The van der Waals surface area contributed by atoms with Crippen LogP contribution in [0.1, 0.15) is 51.7 Å². The van der Waals surface area contributed by atoms with Crippen LogP contribution in [0.4, 0.5) is 5.69 Å². The molecule has 1 atom stereocenters. The molecule has 0 N–H and O–H groups in total. The Bertz CT molecular complexity index is 812. The van der Waals surface area contributed by atoms with E-state index in [9.17, 15) is 4.79 Å². The van der Waals surface area contributed by atoms with Gasteiger partial charge in [0.15, 0.2) is 5.78 Å². The average Bonchev–Trinajstić information content (AvgIpc) is 2.91. The first-order chi connectivity index (χ1) is 12.2. The summed E-state index contributed by atoms with van der Waals surface area (Å²) in [5.41, 5.74) is 4.15. The third-order valence-corrected chi connectivity index (χ3v) is 5.59. The zero-order valence-electron chi connectivity index (χ0n) is 16.5. The molecule has 2 aromatic rings. The van der Waals surface area contributed by atoms with Crippen molar-refractivity contribution < 1.29 is 4.79 Å². The minimum Gasteiger partial charge on any atom is -0.351 e. The van der Waals surface area contributed by atoms with Crippen LogP contribution in [0, 0.1) is 0 Å². The topological polar surface area (TPSA) is 20.3 Å². The van der Waals surface area contributed by atoms with Crippen LogP contribution in [0.3, 0.4) is 0 Å². The molecule has 2 heteroatoms. The molecule has 136 valence electrons. The lowest BCUT2D eigenvalue weighted by Crippen LogP contribution is -2.28. The van der Waals surface area contributed by atoms with Crippen LogP contribution in [0.5, 0.6) is 0 Å². The Morgan fingerprint density at radius 1 is 1.00 bits per heavy atom. The van der Waals surface area contributed by atoms with Crippen molar-refractivity contribution in [3.05, 3.63) is 77.5 Å². The van der Waals surface area contributed by atoms with Crippen LogP contribution in [-0.2, 0) is 15.6 Å². The quantitative estimate of drug-likeness (QED) is 0.671. The predicted molar refractivity (Wildman–Crippen MR) is 110 cm³/mol. The van der Waals surface area contributed by atoms with Crippen molar-refractivity contribution in [3.8, 4) is 0 Å². The number of para-hydroxylation sites is 1. The van der Waals surface area contributed by atoms with Gasteiger partial charge in [-0.1, -0.05) is 63.2 Å². The van der Waals surface area contributed by atoms with E-state index in [1.165, 1.54) is 5.56 Å². The fourth-order valence-electron chi connectivity index (χ4n) is 3.67. The van der Waals surface area contributed by atoms with E-state index in [4.69, 9.17) is 0 Å². The van der Waals surface area contributed by atoms with E-state index in [0.29, 0.717) is 0 Å². The van der Waals surface area contributed by atoms with E-state index in [1.807, 2.05) is 36.3 Å². The largest absolute Gasteiger partial charge is 0.351 e. The molecule has 0 amide bonds. The maximum absolute atomic E-state index is 13.2. The van der Waals surface area contributed by atoms with Crippen LogP contribution >= 0.6 is 0 Å². The molecule has 0 heterocycles. The number of hydrogen-bond acceptors (Lipinski definition) is 2. The number of carbonyl (C=O) groups is 1. The predicted octanol–water partition coefficient (Wildman–Crippen LogP) is 5.63. The Morgan fingerprint density at radius 2 is 1.62 bits per heavy atom. The molecule has 0 saturated heterocycles. The highest BCUT2D eigenvalue weighted by Crippen LogP contribution is 2.41. The van der Waals surface area contributed by atoms with Crippen LogP contribution in [0.2, 0.25) is 0 Å².